The maximum Gasteiger partial charge on any atom is 0.220 e. The second-order valence-corrected chi connectivity index (χ2v) is 7.02. The molecule has 0 bridgehead atoms. The van der Waals surface area contributed by atoms with Gasteiger partial charge in [-0.1, -0.05) is 49.4 Å². The third-order valence-electron chi connectivity index (χ3n) is 4.87. The average molecular weight is 405 g/mol. The largest absolute Gasteiger partial charge is 0.496 e. The van der Waals surface area contributed by atoms with Crippen molar-refractivity contribution in [3.05, 3.63) is 83.9 Å². The minimum absolute atomic E-state index is 0.00255. The molecule has 1 N–H and O–H groups in total. The van der Waals surface area contributed by atoms with Crippen LogP contribution in [0, 0.1) is 0 Å². The van der Waals surface area contributed by atoms with Crippen molar-refractivity contribution < 1.29 is 19.0 Å². The highest BCUT2D eigenvalue weighted by Crippen LogP contribution is 2.31. The number of hydrogen-bond acceptors (Lipinski definition) is 4. The smallest absolute Gasteiger partial charge is 0.220 e. The van der Waals surface area contributed by atoms with Gasteiger partial charge in [0.15, 0.2) is 11.5 Å². The number of para-hydroxylation sites is 3. The van der Waals surface area contributed by atoms with Gasteiger partial charge in [0.1, 0.15) is 11.5 Å². The second-order valence-electron chi connectivity index (χ2n) is 7.02. The number of carbonyl (C=O) groups is 1. The monoisotopic (exact) mass is 405 g/mol. The summed E-state index contributed by atoms with van der Waals surface area (Å²) in [6, 6.07) is 22.9. The Balaban J connectivity index is 1.52. The van der Waals surface area contributed by atoms with Crippen molar-refractivity contribution >= 4 is 5.91 Å². The minimum Gasteiger partial charge on any atom is -0.496 e. The number of benzene rings is 3. The summed E-state index contributed by atoms with van der Waals surface area (Å²) in [7, 11) is 3.26. The molecule has 1 atom stereocenters. The van der Waals surface area contributed by atoms with Crippen LogP contribution in [0.3, 0.4) is 0 Å². The molecule has 3 aromatic rings. The zero-order valence-corrected chi connectivity index (χ0v) is 17.6. The van der Waals surface area contributed by atoms with Gasteiger partial charge in [0.05, 0.1) is 14.2 Å². The first kappa shape index (κ1) is 21.2. The fourth-order valence-electron chi connectivity index (χ4n) is 3.24. The van der Waals surface area contributed by atoms with E-state index in [0.717, 1.165) is 16.9 Å². The highest BCUT2D eigenvalue weighted by molar-refractivity contribution is 5.77. The molecule has 0 radical (unpaired) electrons. The summed E-state index contributed by atoms with van der Waals surface area (Å²) >= 11 is 0. The standard InChI is InChI=1S/C25H27NO4/c1-18(21-8-4-5-9-22(21)28-2)16-25(27)26-17-19-12-14-20(15-13-19)30-24-11-7-6-10-23(24)29-3/h4-15,18H,16-17H2,1-3H3,(H,26,27). The molecule has 0 saturated carbocycles. The molecule has 0 aliphatic heterocycles. The fourth-order valence-corrected chi connectivity index (χ4v) is 3.24. The third-order valence-corrected chi connectivity index (χ3v) is 4.87. The number of nitrogens with one attached hydrogen (secondary N) is 1. The highest BCUT2D eigenvalue weighted by Gasteiger charge is 2.15. The highest BCUT2D eigenvalue weighted by atomic mass is 16.5. The molecule has 5 nitrogen and oxygen atoms in total. The molecule has 30 heavy (non-hydrogen) atoms. The van der Waals surface area contributed by atoms with Gasteiger partial charge in [0, 0.05) is 13.0 Å². The van der Waals surface area contributed by atoms with Gasteiger partial charge in [0.25, 0.3) is 0 Å². The van der Waals surface area contributed by atoms with Crippen molar-refractivity contribution in [2.24, 2.45) is 0 Å². The lowest BCUT2D eigenvalue weighted by Crippen LogP contribution is -2.24. The summed E-state index contributed by atoms with van der Waals surface area (Å²) in [5.41, 5.74) is 2.04. The van der Waals surface area contributed by atoms with E-state index in [-0.39, 0.29) is 11.8 Å². The average Bonchev–Trinajstić information content (AvgIpc) is 2.79. The van der Waals surface area contributed by atoms with Crippen molar-refractivity contribution in [3.8, 4) is 23.0 Å². The molecule has 0 heterocycles. The lowest BCUT2D eigenvalue weighted by atomic mass is 9.96. The summed E-state index contributed by atoms with van der Waals surface area (Å²) in [5, 5.41) is 2.98. The van der Waals surface area contributed by atoms with Gasteiger partial charge >= 0.3 is 0 Å². The van der Waals surface area contributed by atoms with E-state index in [1.165, 1.54) is 0 Å². The van der Waals surface area contributed by atoms with E-state index in [1.54, 1.807) is 14.2 Å². The predicted octanol–water partition coefficient (Wildman–Crippen LogP) is 5.31. The molecule has 0 spiro atoms. The Morgan fingerprint density at radius 1 is 0.833 bits per heavy atom. The maximum absolute atomic E-state index is 12.4. The Hall–Kier alpha value is -3.47. The normalized spacial score (nSPS) is 11.4. The van der Waals surface area contributed by atoms with Crippen molar-refractivity contribution in [2.75, 3.05) is 14.2 Å². The second kappa shape index (κ2) is 10.3. The van der Waals surface area contributed by atoms with Crippen LogP contribution in [0.5, 0.6) is 23.0 Å². The van der Waals surface area contributed by atoms with Crippen LogP contribution in [-0.2, 0) is 11.3 Å². The molecular formula is C25H27NO4. The van der Waals surface area contributed by atoms with Crippen LogP contribution in [0.2, 0.25) is 0 Å². The van der Waals surface area contributed by atoms with Crippen molar-refractivity contribution in [3.63, 3.8) is 0 Å². The predicted molar refractivity (Wildman–Crippen MR) is 117 cm³/mol. The summed E-state index contributed by atoms with van der Waals surface area (Å²) in [5.74, 6) is 2.92. The molecule has 1 amide bonds. The molecule has 3 aromatic carbocycles. The van der Waals surface area contributed by atoms with E-state index >= 15 is 0 Å². The summed E-state index contributed by atoms with van der Waals surface area (Å²) in [6.45, 7) is 2.49. The summed E-state index contributed by atoms with van der Waals surface area (Å²) in [4.78, 5) is 12.4. The van der Waals surface area contributed by atoms with Gasteiger partial charge in [-0.15, -0.1) is 0 Å². The number of methoxy groups -OCH3 is 2. The van der Waals surface area contributed by atoms with Crippen molar-refractivity contribution in [1.29, 1.82) is 0 Å². The van der Waals surface area contributed by atoms with Crippen LogP contribution in [0.15, 0.2) is 72.8 Å². The molecule has 0 aliphatic carbocycles. The number of ether oxygens (including phenoxy) is 3. The van der Waals surface area contributed by atoms with Gasteiger partial charge in [-0.2, -0.15) is 0 Å². The fraction of sp³-hybridized carbons (Fsp3) is 0.240. The lowest BCUT2D eigenvalue weighted by Gasteiger charge is -2.15. The number of carbonyl (C=O) groups excluding carboxylic acids is 1. The van der Waals surface area contributed by atoms with E-state index < -0.39 is 0 Å². The Morgan fingerprint density at radius 2 is 1.43 bits per heavy atom. The van der Waals surface area contributed by atoms with Crippen LogP contribution >= 0.6 is 0 Å². The molecule has 0 aliphatic rings. The Morgan fingerprint density at radius 3 is 2.10 bits per heavy atom. The van der Waals surface area contributed by atoms with Gasteiger partial charge in [-0.25, -0.2) is 0 Å². The Labute approximate surface area is 177 Å². The van der Waals surface area contributed by atoms with E-state index in [4.69, 9.17) is 14.2 Å². The SMILES string of the molecule is COc1ccccc1Oc1ccc(CNC(=O)CC(C)c2ccccc2OC)cc1. The van der Waals surface area contributed by atoms with E-state index in [2.05, 4.69) is 5.32 Å². The summed E-state index contributed by atoms with van der Waals surface area (Å²) < 4.78 is 16.6. The van der Waals surface area contributed by atoms with Crippen molar-refractivity contribution in [2.45, 2.75) is 25.8 Å². The van der Waals surface area contributed by atoms with Crippen LogP contribution < -0.4 is 19.5 Å². The first-order chi connectivity index (χ1) is 14.6. The van der Waals surface area contributed by atoms with Crippen LogP contribution in [0.4, 0.5) is 0 Å². The molecular weight excluding hydrogens is 378 g/mol. The number of hydrogen-bond donors (Lipinski definition) is 1. The zero-order chi connectivity index (χ0) is 21.3. The van der Waals surface area contributed by atoms with E-state index in [0.29, 0.717) is 30.2 Å². The zero-order valence-electron chi connectivity index (χ0n) is 17.6. The topological polar surface area (TPSA) is 56.8 Å². The van der Waals surface area contributed by atoms with E-state index in [9.17, 15) is 4.79 Å². The van der Waals surface area contributed by atoms with Crippen LogP contribution in [0.25, 0.3) is 0 Å². The lowest BCUT2D eigenvalue weighted by molar-refractivity contribution is -0.121. The molecule has 156 valence electrons. The van der Waals surface area contributed by atoms with Gasteiger partial charge in [-0.3, -0.25) is 4.79 Å². The quantitative estimate of drug-likeness (QED) is 0.524. The maximum atomic E-state index is 12.4. The molecule has 0 saturated heterocycles. The first-order valence-corrected chi connectivity index (χ1v) is 9.90. The van der Waals surface area contributed by atoms with Crippen molar-refractivity contribution in [1.82, 2.24) is 5.32 Å². The van der Waals surface area contributed by atoms with Crippen LogP contribution in [0.1, 0.15) is 30.4 Å². The summed E-state index contributed by atoms with van der Waals surface area (Å²) in [6.07, 6.45) is 0.398. The molecule has 0 fully saturated rings. The Kier molecular flexibility index (Phi) is 7.33. The third kappa shape index (κ3) is 5.54. The van der Waals surface area contributed by atoms with Gasteiger partial charge in [0.2, 0.25) is 5.91 Å². The molecule has 0 aromatic heterocycles. The molecule has 5 heteroatoms. The van der Waals surface area contributed by atoms with Gasteiger partial charge in [-0.05, 0) is 47.4 Å². The number of rotatable bonds is 9. The molecule has 3 rings (SSSR count). The first-order valence-electron chi connectivity index (χ1n) is 9.90. The van der Waals surface area contributed by atoms with E-state index in [1.807, 2.05) is 79.7 Å². The van der Waals surface area contributed by atoms with Gasteiger partial charge < -0.3 is 19.5 Å². The number of amides is 1. The molecule has 1 unspecified atom stereocenters. The minimum atomic E-state index is 0.00255. The Bertz CT molecular complexity index is 969. The van der Waals surface area contributed by atoms with Crippen LogP contribution in [-0.4, -0.2) is 20.1 Å².